The largest absolute Gasteiger partial charge is 0.454 e. The molecule has 0 saturated carbocycles. The summed E-state index contributed by atoms with van der Waals surface area (Å²) in [5, 5.41) is 4.67. The molecule has 1 aliphatic rings. The van der Waals surface area contributed by atoms with E-state index in [4.69, 9.17) is 14.0 Å². The number of benzene rings is 1. The zero-order valence-corrected chi connectivity index (χ0v) is 17.6. The predicted octanol–water partition coefficient (Wildman–Crippen LogP) is 4.57. The number of thiophene rings is 1. The molecule has 7 nitrogen and oxygen atoms in total. The summed E-state index contributed by atoms with van der Waals surface area (Å²) in [6.07, 6.45) is 0. The highest BCUT2D eigenvalue weighted by Gasteiger charge is 2.23. The summed E-state index contributed by atoms with van der Waals surface area (Å²) in [6, 6.07) is 11.6. The summed E-state index contributed by atoms with van der Waals surface area (Å²) in [5.41, 5.74) is 3.21. The highest BCUT2D eigenvalue weighted by Crippen LogP contribution is 2.34. The lowest BCUT2D eigenvalue weighted by Gasteiger charge is -2.18. The Labute approximate surface area is 176 Å². The van der Waals surface area contributed by atoms with Crippen molar-refractivity contribution in [3.8, 4) is 22.1 Å². The van der Waals surface area contributed by atoms with Crippen molar-refractivity contribution in [2.75, 3.05) is 13.8 Å². The fourth-order valence-corrected chi connectivity index (χ4v) is 4.38. The number of hydrogen-bond acceptors (Lipinski definition) is 7. The number of carbonyl (C=O) groups is 1. The van der Waals surface area contributed by atoms with Crippen LogP contribution in [-0.2, 0) is 6.54 Å². The first kappa shape index (κ1) is 18.6. The van der Waals surface area contributed by atoms with Crippen LogP contribution in [0.25, 0.3) is 21.7 Å². The van der Waals surface area contributed by atoms with Crippen LogP contribution in [0.4, 0.5) is 0 Å². The van der Waals surface area contributed by atoms with Crippen molar-refractivity contribution in [1.82, 2.24) is 15.0 Å². The predicted molar refractivity (Wildman–Crippen MR) is 113 cm³/mol. The normalized spacial score (nSPS) is 12.5. The van der Waals surface area contributed by atoms with Gasteiger partial charge in [0.2, 0.25) is 6.79 Å². The molecule has 4 heterocycles. The van der Waals surface area contributed by atoms with Gasteiger partial charge in [0.1, 0.15) is 0 Å². The lowest BCUT2D eigenvalue weighted by atomic mass is 10.1. The molecule has 5 rings (SSSR count). The van der Waals surface area contributed by atoms with Crippen molar-refractivity contribution in [2.45, 2.75) is 20.4 Å². The molecule has 3 aromatic heterocycles. The molecule has 8 heteroatoms. The maximum Gasteiger partial charge on any atom is 0.259 e. The van der Waals surface area contributed by atoms with Gasteiger partial charge in [-0.1, -0.05) is 11.2 Å². The smallest absolute Gasteiger partial charge is 0.259 e. The molecular weight excluding hydrogens is 402 g/mol. The summed E-state index contributed by atoms with van der Waals surface area (Å²) < 4.78 is 16.2. The Morgan fingerprint density at radius 2 is 1.97 bits per heavy atom. The number of rotatable bonds is 4. The van der Waals surface area contributed by atoms with Crippen molar-refractivity contribution in [1.29, 1.82) is 0 Å². The maximum atomic E-state index is 13.4. The first-order chi connectivity index (χ1) is 14.5. The number of aryl methyl sites for hydroxylation is 2. The fraction of sp³-hybridized carbons (Fsp3) is 0.227. The molecule has 1 amide bonds. The average molecular weight is 421 g/mol. The van der Waals surface area contributed by atoms with Gasteiger partial charge in [0.15, 0.2) is 11.5 Å². The average Bonchev–Trinajstić information content (AvgIpc) is 3.46. The molecule has 0 atom stereocenters. The van der Waals surface area contributed by atoms with E-state index in [0.717, 1.165) is 16.2 Å². The first-order valence-corrected chi connectivity index (χ1v) is 10.3. The van der Waals surface area contributed by atoms with Gasteiger partial charge in [-0.05, 0) is 49.7 Å². The van der Waals surface area contributed by atoms with Crippen LogP contribution in [0.1, 0.15) is 26.5 Å². The minimum atomic E-state index is -0.124. The number of pyridine rings is 1. The SMILES string of the molecule is Cc1ccc(-c2cc(C(=O)N(C)Cc3ccc4c(c3)OCO4)c3c(C)noc3n2)s1. The molecule has 0 saturated heterocycles. The summed E-state index contributed by atoms with van der Waals surface area (Å²) >= 11 is 1.62. The van der Waals surface area contributed by atoms with Gasteiger partial charge >= 0.3 is 0 Å². The summed E-state index contributed by atoms with van der Waals surface area (Å²) in [5.74, 6) is 1.30. The van der Waals surface area contributed by atoms with E-state index in [1.807, 2.05) is 50.2 Å². The Balaban J connectivity index is 1.51. The van der Waals surface area contributed by atoms with Gasteiger partial charge in [-0.25, -0.2) is 4.98 Å². The van der Waals surface area contributed by atoms with Gasteiger partial charge in [-0.2, -0.15) is 0 Å². The number of amides is 1. The van der Waals surface area contributed by atoms with E-state index in [1.54, 1.807) is 23.3 Å². The summed E-state index contributed by atoms with van der Waals surface area (Å²) in [4.78, 5) is 21.8. The number of aromatic nitrogens is 2. The Morgan fingerprint density at radius 1 is 1.13 bits per heavy atom. The molecule has 0 spiro atoms. The molecule has 1 aliphatic heterocycles. The van der Waals surface area contributed by atoms with Crippen molar-refractivity contribution < 1.29 is 18.8 Å². The van der Waals surface area contributed by atoms with Crippen LogP contribution in [0, 0.1) is 13.8 Å². The van der Waals surface area contributed by atoms with Crippen molar-refractivity contribution in [2.24, 2.45) is 0 Å². The number of hydrogen-bond donors (Lipinski definition) is 0. The number of fused-ring (bicyclic) bond motifs is 2. The molecule has 30 heavy (non-hydrogen) atoms. The van der Waals surface area contributed by atoms with Crippen molar-refractivity contribution in [3.05, 3.63) is 58.1 Å². The summed E-state index contributed by atoms with van der Waals surface area (Å²) in [7, 11) is 1.77. The van der Waals surface area contributed by atoms with Crippen LogP contribution in [0.3, 0.4) is 0 Å². The quantitative estimate of drug-likeness (QED) is 0.480. The molecule has 4 aromatic rings. The van der Waals surface area contributed by atoms with Crippen LogP contribution >= 0.6 is 11.3 Å². The Morgan fingerprint density at radius 3 is 2.77 bits per heavy atom. The second-order valence-electron chi connectivity index (χ2n) is 7.26. The van der Waals surface area contributed by atoms with E-state index in [0.29, 0.717) is 40.3 Å². The van der Waals surface area contributed by atoms with Crippen LogP contribution in [0.2, 0.25) is 0 Å². The third-order valence-corrected chi connectivity index (χ3v) is 6.07. The van der Waals surface area contributed by atoms with Gasteiger partial charge in [0, 0.05) is 18.5 Å². The molecule has 0 radical (unpaired) electrons. The molecule has 152 valence electrons. The zero-order chi connectivity index (χ0) is 20.8. The Bertz CT molecular complexity index is 1280. The third kappa shape index (κ3) is 3.19. The maximum absolute atomic E-state index is 13.4. The number of ether oxygens (including phenoxy) is 2. The molecule has 1 aromatic carbocycles. The van der Waals surface area contributed by atoms with E-state index in [9.17, 15) is 4.79 Å². The van der Waals surface area contributed by atoms with Gasteiger partial charge in [0.25, 0.3) is 11.6 Å². The fourth-order valence-electron chi connectivity index (χ4n) is 3.55. The number of nitrogens with zero attached hydrogens (tertiary/aromatic N) is 3. The van der Waals surface area contributed by atoms with Crippen LogP contribution in [0.15, 0.2) is 40.9 Å². The molecule has 0 aliphatic carbocycles. The number of carbonyl (C=O) groups excluding carboxylic acids is 1. The lowest BCUT2D eigenvalue weighted by molar-refractivity contribution is 0.0786. The van der Waals surface area contributed by atoms with Gasteiger partial charge in [-0.15, -0.1) is 11.3 Å². The highest BCUT2D eigenvalue weighted by atomic mass is 32.1. The second kappa shape index (κ2) is 7.14. The monoisotopic (exact) mass is 421 g/mol. The second-order valence-corrected chi connectivity index (χ2v) is 8.55. The summed E-state index contributed by atoms with van der Waals surface area (Å²) in [6.45, 7) is 4.50. The Hall–Kier alpha value is -3.39. The lowest BCUT2D eigenvalue weighted by Crippen LogP contribution is -2.26. The van der Waals surface area contributed by atoms with Crippen LogP contribution < -0.4 is 9.47 Å². The molecule has 0 fully saturated rings. The Kier molecular flexibility index (Phi) is 4.43. The van der Waals surface area contributed by atoms with E-state index < -0.39 is 0 Å². The van der Waals surface area contributed by atoms with E-state index in [2.05, 4.69) is 10.1 Å². The van der Waals surface area contributed by atoms with Gasteiger partial charge in [-0.3, -0.25) is 4.79 Å². The first-order valence-electron chi connectivity index (χ1n) is 9.47. The third-order valence-electron chi connectivity index (χ3n) is 5.04. The van der Waals surface area contributed by atoms with Crippen LogP contribution in [-0.4, -0.2) is 34.8 Å². The van der Waals surface area contributed by atoms with Crippen molar-refractivity contribution in [3.63, 3.8) is 0 Å². The van der Waals surface area contributed by atoms with Crippen LogP contribution in [0.5, 0.6) is 11.5 Å². The molecule has 0 bridgehead atoms. The standard InChI is InChI=1S/C22H19N3O4S/c1-12-4-7-19(30-12)16-9-15(20-13(2)24-29-21(20)23-16)22(26)25(3)10-14-5-6-17-18(8-14)28-11-27-17/h4-9H,10-11H2,1-3H3. The van der Waals surface area contributed by atoms with Gasteiger partial charge < -0.3 is 18.9 Å². The molecule has 0 unspecified atom stereocenters. The topological polar surface area (TPSA) is 77.7 Å². The highest BCUT2D eigenvalue weighted by molar-refractivity contribution is 7.15. The minimum absolute atomic E-state index is 0.124. The van der Waals surface area contributed by atoms with Crippen molar-refractivity contribution >= 4 is 28.3 Å². The van der Waals surface area contributed by atoms with E-state index in [-0.39, 0.29) is 12.7 Å². The van der Waals surface area contributed by atoms with Gasteiger partial charge in [0.05, 0.1) is 27.2 Å². The zero-order valence-electron chi connectivity index (χ0n) is 16.8. The molecular formula is C22H19N3O4S. The van der Waals surface area contributed by atoms with E-state index >= 15 is 0 Å². The van der Waals surface area contributed by atoms with E-state index in [1.165, 1.54) is 4.88 Å². The molecule has 0 N–H and O–H groups in total. The minimum Gasteiger partial charge on any atom is -0.454 e.